The third-order valence-electron chi connectivity index (χ3n) is 5.42. The lowest BCUT2D eigenvalue weighted by molar-refractivity contribution is 0.0636. The molecule has 1 saturated heterocycles. The molecule has 8 heteroatoms. The van der Waals surface area contributed by atoms with Gasteiger partial charge >= 0.3 is 0 Å². The number of rotatable bonds is 5. The van der Waals surface area contributed by atoms with Crippen molar-refractivity contribution in [1.29, 1.82) is 10.5 Å². The number of nitrogens with zero attached hydrogens (tertiary/aromatic N) is 4. The number of carbonyl (C=O) groups is 2. The van der Waals surface area contributed by atoms with Gasteiger partial charge in [-0.2, -0.15) is 10.5 Å². The lowest BCUT2D eigenvalue weighted by Crippen LogP contribution is -2.42. The van der Waals surface area contributed by atoms with E-state index in [4.69, 9.17) is 10.5 Å². The number of hydrogen-bond donors (Lipinski definition) is 2. The molecule has 8 nitrogen and oxygen atoms in total. The van der Waals surface area contributed by atoms with Crippen LogP contribution in [0.5, 0.6) is 0 Å². The third kappa shape index (κ3) is 4.19. The predicted molar refractivity (Wildman–Crippen MR) is 112 cm³/mol. The normalized spacial score (nSPS) is 15.3. The Morgan fingerprint density at radius 2 is 1.61 bits per heavy atom. The van der Waals surface area contributed by atoms with Crippen LogP contribution in [-0.2, 0) is 6.54 Å². The van der Waals surface area contributed by atoms with Gasteiger partial charge in [-0.1, -0.05) is 30.3 Å². The molecule has 0 spiro atoms. The zero-order valence-corrected chi connectivity index (χ0v) is 16.7. The fourth-order valence-electron chi connectivity index (χ4n) is 3.82. The Morgan fingerprint density at radius 3 is 2.26 bits per heavy atom. The van der Waals surface area contributed by atoms with Crippen LogP contribution in [0.1, 0.15) is 44.3 Å². The van der Waals surface area contributed by atoms with Gasteiger partial charge < -0.3 is 19.8 Å². The molecule has 0 aliphatic carbocycles. The summed E-state index contributed by atoms with van der Waals surface area (Å²) in [5.74, 6) is -0.404. The lowest BCUT2D eigenvalue weighted by atomic mass is 10.1. The van der Waals surface area contributed by atoms with E-state index in [1.165, 1.54) is 0 Å². The van der Waals surface area contributed by atoms with Crippen molar-refractivity contribution in [1.82, 2.24) is 19.8 Å². The maximum absolute atomic E-state index is 13.3. The van der Waals surface area contributed by atoms with Crippen LogP contribution in [0.4, 0.5) is 0 Å². The van der Waals surface area contributed by atoms with E-state index in [0.717, 1.165) is 5.56 Å². The summed E-state index contributed by atoms with van der Waals surface area (Å²) in [5, 5.41) is 18.0. The van der Waals surface area contributed by atoms with Crippen molar-refractivity contribution in [2.24, 2.45) is 0 Å². The number of nitrogens with one attached hydrogen (secondary N) is 2. The van der Waals surface area contributed by atoms with Gasteiger partial charge in [0.2, 0.25) is 0 Å². The lowest BCUT2D eigenvalue weighted by Gasteiger charge is -2.29. The minimum Gasteiger partial charge on any atom is -0.342 e. The molecule has 3 aromatic rings. The molecule has 1 aliphatic rings. The van der Waals surface area contributed by atoms with E-state index in [9.17, 15) is 9.59 Å². The largest absolute Gasteiger partial charge is 0.342 e. The molecule has 154 valence electrons. The molecule has 0 bridgehead atoms. The van der Waals surface area contributed by atoms with E-state index < -0.39 is 0 Å². The van der Waals surface area contributed by atoms with Crippen molar-refractivity contribution < 1.29 is 9.59 Å². The molecule has 31 heavy (non-hydrogen) atoms. The highest BCUT2D eigenvalue weighted by Crippen LogP contribution is 2.22. The Balaban J connectivity index is 1.55. The molecule has 1 aromatic carbocycles. The first-order valence-corrected chi connectivity index (χ1v) is 9.91. The first-order valence-electron chi connectivity index (χ1n) is 9.91. The van der Waals surface area contributed by atoms with Gasteiger partial charge in [-0.3, -0.25) is 9.59 Å². The topological polar surface area (TPSA) is 120 Å². The van der Waals surface area contributed by atoms with Gasteiger partial charge in [0.1, 0.15) is 34.9 Å². The van der Waals surface area contributed by atoms with Gasteiger partial charge in [-0.15, -0.1) is 0 Å². The summed E-state index contributed by atoms with van der Waals surface area (Å²) in [6.45, 7) is 1.30. The maximum Gasteiger partial charge on any atom is 0.270 e. The molecule has 2 N–H and O–H groups in total. The summed E-state index contributed by atoms with van der Waals surface area (Å²) in [6, 6.07) is 19.8. The summed E-state index contributed by atoms with van der Waals surface area (Å²) >= 11 is 0. The second-order valence-corrected chi connectivity index (χ2v) is 7.41. The monoisotopic (exact) mass is 412 g/mol. The summed E-state index contributed by atoms with van der Waals surface area (Å²) in [4.78, 5) is 35.2. The second kappa shape index (κ2) is 8.60. The Morgan fingerprint density at radius 1 is 0.968 bits per heavy atom. The number of nitriles is 2. The highest BCUT2D eigenvalue weighted by Gasteiger charge is 2.34. The number of carbonyl (C=O) groups excluding carboxylic acids is 2. The first-order chi connectivity index (χ1) is 15.1. The van der Waals surface area contributed by atoms with Crippen LogP contribution in [0.15, 0.2) is 54.6 Å². The average molecular weight is 412 g/mol. The molecular formula is C23H20N6O2. The van der Waals surface area contributed by atoms with E-state index >= 15 is 0 Å². The van der Waals surface area contributed by atoms with Crippen LogP contribution in [-0.4, -0.2) is 50.7 Å². The van der Waals surface area contributed by atoms with Crippen LogP contribution in [0.3, 0.4) is 0 Å². The third-order valence-corrected chi connectivity index (χ3v) is 5.42. The Hall–Kier alpha value is -4.30. The first kappa shape index (κ1) is 20.0. The van der Waals surface area contributed by atoms with E-state index in [-0.39, 0.29) is 17.9 Å². The average Bonchev–Trinajstić information content (AvgIpc) is 3.57. The quantitative estimate of drug-likeness (QED) is 0.669. The molecule has 3 heterocycles. The number of amides is 2. The fourth-order valence-corrected chi connectivity index (χ4v) is 3.82. The Labute approximate surface area is 179 Å². The van der Waals surface area contributed by atoms with E-state index in [0.29, 0.717) is 48.8 Å². The summed E-state index contributed by atoms with van der Waals surface area (Å²) in [5.41, 5.74) is 2.35. The van der Waals surface area contributed by atoms with Gasteiger partial charge in [0.05, 0.1) is 6.04 Å². The van der Waals surface area contributed by atoms with E-state index in [1.54, 1.807) is 34.1 Å². The van der Waals surface area contributed by atoms with Crippen molar-refractivity contribution in [3.05, 3.63) is 82.9 Å². The van der Waals surface area contributed by atoms with Crippen LogP contribution >= 0.6 is 0 Å². The molecule has 4 rings (SSSR count). The standard InChI is InChI=1S/C23H20N6O2/c24-12-17-6-8-20(26-17)22(30)28-11-10-19(15-28)29(14-16-4-2-1-3-5-16)23(31)21-9-7-18(13-25)27-21/h1-9,19,26-27H,10-11,14-15H2/t19-/m1/s1. The zero-order valence-electron chi connectivity index (χ0n) is 16.7. The van der Waals surface area contributed by atoms with E-state index in [2.05, 4.69) is 9.97 Å². The van der Waals surface area contributed by atoms with Gasteiger partial charge in [-0.25, -0.2) is 0 Å². The number of H-pyrrole nitrogens is 2. The van der Waals surface area contributed by atoms with Crippen molar-refractivity contribution in [3.8, 4) is 12.1 Å². The van der Waals surface area contributed by atoms with Gasteiger partial charge in [0.25, 0.3) is 11.8 Å². The van der Waals surface area contributed by atoms with Crippen LogP contribution in [0.25, 0.3) is 0 Å². The molecule has 1 fully saturated rings. The molecule has 0 radical (unpaired) electrons. The number of aromatic amines is 2. The molecule has 1 atom stereocenters. The number of benzene rings is 1. The minimum absolute atomic E-state index is 0.170. The highest BCUT2D eigenvalue weighted by atomic mass is 16.2. The maximum atomic E-state index is 13.3. The molecule has 0 unspecified atom stereocenters. The summed E-state index contributed by atoms with van der Waals surface area (Å²) in [7, 11) is 0. The second-order valence-electron chi connectivity index (χ2n) is 7.41. The fraction of sp³-hybridized carbons (Fsp3) is 0.217. The molecular weight excluding hydrogens is 392 g/mol. The summed E-state index contributed by atoms with van der Waals surface area (Å²) in [6.07, 6.45) is 0.641. The van der Waals surface area contributed by atoms with Crippen molar-refractivity contribution in [3.63, 3.8) is 0 Å². The SMILES string of the molecule is N#Cc1ccc(C(=O)N2CC[C@@H](N(Cc3ccccc3)C(=O)c3ccc(C#N)[nH]3)C2)[nH]1. The van der Waals surface area contributed by atoms with Gasteiger partial charge in [-0.05, 0) is 36.2 Å². The van der Waals surface area contributed by atoms with Crippen molar-refractivity contribution in [2.45, 2.75) is 19.0 Å². The number of aromatic nitrogens is 2. The van der Waals surface area contributed by atoms with Gasteiger partial charge in [0.15, 0.2) is 0 Å². The number of likely N-dealkylation sites (tertiary alicyclic amines) is 1. The predicted octanol–water partition coefficient (Wildman–Crippen LogP) is 2.64. The summed E-state index contributed by atoms with van der Waals surface area (Å²) < 4.78 is 0. The highest BCUT2D eigenvalue weighted by molar-refractivity contribution is 5.94. The van der Waals surface area contributed by atoms with Crippen molar-refractivity contribution in [2.75, 3.05) is 13.1 Å². The zero-order chi connectivity index (χ0) is 21.8. The van der Waals surface area contributed by atoms with Crippen molar-refractivity contribution >= 4 is 11.8 Å². The van der Waals surface area contributed by atoms with Crippen LogP contribution < -0.4 is 0 Å². The minimum atomic E-state index is -0.212. The van der Waals surface area contributed by atoms with Crippen LogP contribution in [0, 0.1) is 22.7 Å². The molecule has 2 aromatic heterocycles. The van der Waals surface area contributed by atoms with Gasteiger partial charge in [0, 0.05) is 19.6 Å². The molecule has 2 amide bonds. The van der Waals surface area contributed by atoms with E-state index in [1.807, 2.05) is 42.5 Å². The van der Waals surface area contributed by atoms with Crippen LogP contribution in [0.2, 0.25) is 0 Å². The molecule has 1 aliphatic heterocycles. The Bertz CT molecular complexity index is 1180. The molecule has 0 saturated carbocycles. The smallest absolute Gasteiger partial charge is 0.270 e. The number of hydrogen-bond acceptors (Lipinski definition) is 4. The Kier molecular flexibility index (Phi) is 5.55.